The molecule has 8 heteroatoms. The third-order valence-electron chi connectivity index (χ3n) is 4.45. The van der Waals surface area contributed by atoms with Gasteiger partial charge in [0.2, 0.25) is 5.91 Å². The summed E-state index contributed by atoms with van der Waals surface area (Å²) in [5.74, 6) is 0.126. The first kappa shape index (κ1) is 18.2. The van der Waals surface area contributed by atoms with E-state index in [4.69, 9.17) is 4.74 Å². The third-order valence-corrected chi connectivity index (χ3v) is 4.45. The van der Waals surface area contributed by atoms with Crippen LogP contribution in [0.1, 0.15) is 19.8 Å². The SMILES string of the molecule is CNC1CCCN(C(C)C(=O)Nc2ccc(OC)cc2[N+](=O)[O-])C1. The van der Waals surface area contributed by atoms with E-state index in [0.29, 0.717) is 11.8 Å². The van der Waals surface area contributed by atoms with E-state index < -0.39 is 4.92 Å². The van der Waals surface area contributed by atoms with Gasteiger partial charge in [0.1, 0.15) is 11.4 Å². The van der Waals surface area contributed by atoms with Gasteiger partial charge in [-0.2, -0.15) is 0 Å². The van der Waals surface area contributed by atoms with Crippen LogP contribution in [0.25, 0.3) is 0 Å². The molecule has 1 aromatic rings. The summed E-state index contributed by atoms with van der Waals surface area (Å²) in [4.78, 5) is 25.3. The van der Waals surface area contributed by atoms with Gasteiger partial charge >= 0.3 is 0 Å². The second kappa shape index (κ2) is 8.07. The third kappa shape index (κ3) is 4.21. The number of ether oxygens (including phenoxy) is 1. The molecule has 1 aromatic carbocycles. The number of nitrogens with zero attached hydrogens (tertiary/aromatic N) is 2. The first-order chi connectivity index (χ1) is 11.5. The van der Waals surface area contributed by atoms with Crippen molar-refractivity contribution in [3.05, 3.63) is 28.3 Å². The van der Waals surface area contributed by atoms with Gasteiger partial charge in [-0.05, 0) is 45.5 Å². The van der Waals surface area contributed by atoms with E-state index in [1.807, 2.05) is 14.0 Å². The van der Waals surface area contributed by atoms with Crippen molar-refractivity contribution in [2.45, 2.75) is 31.8 Å². The number of likely N-dealkylation sites (tertiary alicyclic amines) is 1. The highest BCUT2D eigenvalue weighted by atomic mass is 16.6. The fourth-order valence-corrected chi connectivity index (χ4v) is 2.89. The zero-order valence-corrected chi connectivity index (χ0v) is 14.2. The Hall–Kier alpha value is -2.19. The Kier molecular flexibility index (Phi) is 6.10. The molecule has 0 saturated carbocycles. The minimum atomic E-state index is -0.527. The second-order valence-electron chi connectivity index (χ2n) is 5.93. The van der Waals surface area contributed by atoms with Crippen LogP contribution < -0.4 is 15.4 Å². The lowest BCUT2D eigenvalue weighted by molar-refractivity contribution is -0.384. The summed E-state index contributed by atoms with van der Waals surface area (Å²) >= 11 is 0. The highest BCUT2D eigenvalue weighted by molar-refractivity contribution is 5.96. The second-order valence-corrected chi connectivity index (χ2v) is 5.93. The van der Waals surface area contributed by atoms with Gasteiger partial charge < -0.3 is 15.4 Å². The number of carbonyl (C=O) groups excluding carboxylic acids is 1. The lowest BCUT2D eigenvalue weighted by Gasteiger charge is -2.35. The van der Waals surface area contributed by atoms with Gasteiger partial charge in [0.25, 0.3) is 5.69 Å². The van der Waals surface area contributed by atoms with E-state index in [1.165, 1.54) is 19.2 Å². The van der Waals surface area contributed by atoms with Crippen LogP contribution in [0.15, 0.2) is 18.2 Å². The minimum absolute atomic E-state index is 0.179. The summed E-state index contributed by atoms with van der Waals surface area (Å²) in [6.45, 7) is 3.45. The molecule has 2 atom stereocenters. The zero-order valence-electron chi connectivity index (χ0n) is 14.2. The van der Waals surface area contributed by atoms with E-state index in [9.17, 15) is 14.9 Å². The largest absolute Gasteiger partial charge is 0.496 e. The normalized spacial score (nSPS) is 19.5. The van der Waals surface area contributed by atoms with E-state index in [-0.39, 0.29) is 23.3 Å². The average molecular weight is 336 g/mol. The fourth-order valence-electron chi connectivity index (χ4n) is 2.89. The minimum Gasteiger partial charge on any atom is -0.496 e. The number of nitro benzene ring substituents is 1. The van der Waals surface area contributed by atoms with Gasteiger partial charge in [0.15, 0.2) is 0 Å². The summed E-state index contributed by atoms with van der Waals surface area (Å²) in [7, 11) is 3.35. The molecular weight excluding hydrogens is 312 g/mol. The Bertz CT molecular complexity index is 608. The summed E-state index contributed by atoms with van der Waals surface area (Å²) in [5.41, 5.74) is 0.00136. The van der Waals surface area contributed by atoms with Crippen molar-refractivity contribution < 1.29 is 14.5 Å². The van der Waals surface area contributed by atoms with Crippen molar-refractivity contribution in [3.63, 3.8) is 0 Å². The fraction of sp³-hybridized carbons (Fsp3) is 0.562. The molecule has 24 heavy (non-hydrogen) atoms. The molecule has 1 aliphatic rings. The molecule has 2 rings (SSSR count). The Morgan fingerprint density at radius 2 is 2.25 bits per heavy atom. The molecule has 2 unspecified atom stereocenters. The van der Waals surface area contributed by atoms with Gasteiger partial charge in [-0.25, -0.2) is 0 Å². The van der Waals surface area contributed by atoms with Crippen molar-refractivity contribution >= 4 is 17.3 Å². The Labute approximate surface area is 141 Å². The number of likely N-dealkylation sites (N-methyl/N-ethyl adjacent to an activating group) is 1. The molecule has 0 aliphatic carbocycles. The molecule has 1 heterocycles. The van der Waals surface area contributed by atoms with E-state index in [2.05, 4.69) is 15.5 Å². The standard InChI is InChI=1S/C16H24N4O4/c1-11(19-8-4-5-12(10-19)17-2)16(21)18-14-7-6-13(24-3)9-15(14)20(22)23/h6-7,9,11-12,17H,4-5,8,10H2,1-3H3,(H,18,21). The van der Waals surface area contributed by atoms with Crippen molar-refractivity contribution in [2.75, 3.05) is 32.6 Å². The van der Waals surface area contributed by atoms with Crippen LogP contribution in [0.4, 0.5) is 11.4 Å². The maximum absolute atomic E-state index is 12.5. The predicted molar refractivity (Wildman–Crippen MR) is 91.4 cm³/mol. The smallest absolute Gasteiger partial charge is 0.296 e. The predicted octanol–water partition coefficient (Wildman–Crippen LogP) is 1.61. The molecule has 0 radical (unpaired) electrons. The van der Waals surface area contributed by atoms with Crippen LogP contribution in [-0.2, 0) is 4.79 Å². The molecule has 0 bridgehead atoms. The van der Waals surface area contributed by atoms with Crippen LogP contribution >= 0.6 is 0 Å². The summed E-state index contributed by atoms with van der Waals surface area (Å²) in [6, 6.07) is 4.39. The number of piperidine rings is 1. The number of carbonyl (C=O) groups is 1. The molecule has 2 N–H and O–H groups in total. The molecular formula is C16H24N4O4. The Balaban J connectivity index is 2.10. The maximum Gasteiger partial charge on any atom is 0.296 e. The molecule has 8 nitrogen and oxygen atoms in total. The molecule has 0 spiro atoms. The van der Waals surface area contributed by atoms with Gasteiger partial charge in [0.05, 0.1) is 24.1 Å². The number of anilines is 1. The monoisotopic (exact) mass is 336 g/mol. The number of rotatable bonds is 6. The number of nitrogens with one attached hydrogen (secondary N) is 2. The molecule has 0 aromatic heterocycles. The van der Waals surface area contributed by atoms with Crippen LogP contribution in [0.5, 0.6) is 5.75 Å². The number of hydrogen-bond acceptors (Lipinski definition) is 6. The summed E-state index contributed by atoms with van der Waals surface area (Å²) in [6.07, 6.45) is 2.11. The van der Waals surface area contributed by atoms with Crippen LogP contribution in [0.2, 0.25) is 0 Å². The van der Waals surface area contributed by atoms with Gasteiger partial charge in [-0.1, -0.05) is 0 Å². The highest BCUT2D eigenvalue weighted by Gasteiger charge is 2.28. The zero-order chi connectivity index (χ0) is 17.7. The number of amides is 1. The molecule has 1 amide bonds. The average Bonchev–Trinajstić information content (AvgIpc) is 2.61. The summed E-state index contributed by atoms with van der Waals surface area (Å²) < 4.78 is 5.00. The van der Waals surface area contributed by atoms with Crippen LogP contribution in [0, 0.1) is 10.1 Å². The van der Waals surface area contributed by atoms with Crippen LogP contribution in [-0.4, -0.2) is 55.1 Å². The lowest BCUT2D eigenvalue weighted by Crippen LogP contribution is -2.51. The van der Waals surface area contributed by atoms with Crippen LogP contribution in [0.3, 0.4) is 0 Å². The number of methoxy groups -OCH3 is 1. The number of benzene rings is 1. The first-order valence-electron chi connectivity index (χ1n) is 8.01. The summed E-state index contributed by atoms with van der Waals surface area (Å²) in [5, 5.41) is 17.1. The van der Waals surface area contributed by atoms with Gasteiger partial charge in [-0.3, -0.25) is 19.8 Å². The topological polar surface area (TPSA) is 96.7 Å². The van der Waals surface area contributed by atoms with E-state index >= 15 is 0 Å². The molecule has 1 fully saturated rings. The van der Waals surface area contributed by atoms with Crippen molar-refractivity contribution in [2.24, 2.45) is 0 Å². The van der Waals surface area contributed by atoms with Crippen molar-refractivity contribution in [1.29, 1.82) is 0 Å². The highest BCUT2D eigenvalue weighted by Crippen LogP contribution is 2.29. The Morgan fingerprint density at radius 1 is 1.50 bits per heavy atom. The van der Waals surface area contributed by atoms with Gasteiger partial charge in [0, 0.05) is 12.6 Å². The number of nitro groups is 1. The molecule has 1 aliphatic heterocycles. The Morgan fingerprint density at radius 3 is 2.88 bits per heavy atom. The number of hydrogen-bond donors (Lipinski definition) is 2. The van der Waals surface area contributed by atoms with Crippen molar-refractivity contribution in [3.8, 4) is 5.75 Å². The first-order valence-corrected chi connectivity index (χ1v) is 8.01. The van der Waals surface area contributed by atoms with Gasteiger partial charge in [-0.15, -0.1) is 0 Å². The van der Waals surface area contributed by atoms with E-state index in [1.54, 1.807) is 6.07 Å². The maximum atomic E-state index is 12.5. The quantitative estimate of drug-likeness (QED) is 0.605. The molecule has 1 saturated heterocycles. The molecule has 132 valence electrons. The lowest BCUT2D eigenvalue weighted by atomic mass is 10.0. The van der Waals surface area contributed by atoms with Crippen molar-refractivity contribution in [1.82, 2.24) is 10.2 Å². The van der Waals surface area contributed by atoms with E-state index in [0.717, 1.165) is 25.9 Å².